The number of hydrogen-bond donors (Lipinski definition) is 1. The molecule has 0 aliphatic heterocycles. The van der Waals surface area contributed by atoms with Gasteiger partial charge in [0.1, 0.15) is 0 Å². The zero-order chi connectivity index (χ0) is 15.7. The van der Waals surface area contributed by atoms with E-state index < -0.39 is 0 Å². The quantitative estimate of drug-likeness (QED) is 0.591. The SMILES string of the molecule is CCC(CC)N(CCOC)C(=O)/C=C/c1ccc(N)cc1. The van der Waals surface area contributed by atoms with Crippen LogP contribution in [0.3, 0.4) is 0 Å². The molecular weight excluding hydrogens is 264 g/mol. The van der Waals surface area contributed by atoms with Crippen LogP contribution in [0.5, 0.6) is 0 Å². The number of carbonyl (C=O) groups excluding carboxylic acids is 1. The molecule has 0 saturated heterocycles. The van der Waals surface area contributed by atoms with Gasteiger partial charge in [-0.1, -0.05) is 26.0 Å². The lowest BCUT2D eigenvalue weighted by Crippen LogP contribution is -2.40. The molecular formula is C17H26N2O2. The number of nitrogens with zero attached hydrogens (tertiary/aromatic N) is 1. The summed E-state index contributed by atoms with van der Waals surface area (Å²) in [6, 6.07) is 7.70. The number of amides is 1. The minimum atomic E-state index is 0.0255. The number of hydrogen-bond acceptors (Lipinski definition) is 3. The Bertz CT molecular complexity index is 450. The largest absolute Gasteiger partial charge is 0.399 e. The third-order valence-electron chi connectivity index (χ3n) is 3.56. The van der Waals surface area contributed by atoms with Crippen LogP contribution < -0.4 is 5.73 Å². The maximum absolute atomic E-state index is 12.4. The molecule has 4 nitrogen and oxygen atoms in total. The van der Waals surface area contributed by atoms with Crippen molar-refractivity contribution in [1.82, 2.24) is 4.90 Å². The molecule has 116 valence electrons. The topological polar surface area (TPSA) is 55.6 Å². The molecule has 0 bridgehead atoms. The average Bonchev–Trinajstić information content (AvgIpc) is 2.50. The Morgan fingerprint density at radius 1 is 1.29 bits per heavy atom. The first kappa shape index (κ1) is 17.2. The van der Waals surface area contributed by atoms with Crippen molar-refractivity contribution >= 4 is 17.7 Å². The molecule has 0 unspecified atom stereocenters. The molecule has 1 aromatic carbocycles. The summed E-state index contributed by atoms with van der Waals surface area (Å²) in [6.07, 6.45) is 5.34. The van der Waals surface area contributed by atoms with Gasteiger partial charge in [-0.25, -0.2) is 0 Å². The predicted octanol–water partition coefficient (Wildman–Crippen LogP) is 2.95. The summed E-state index contributed by atoms with van der Waals surface area (Å²) in [5.41, 5.74) is 7.33. The fourth-order valence-electron chi connectivity index (χ4n) is 2.26. The van der Waals surface area contributed by atoms with Crippen molar-refractivity contribution in [1.29, 1.82) is 0 Å². The second-order valence-corrected chi connectivity index (χ2v) is 4.99. The van der Waals surface area contributed by atoms with E-state index in [2.05, 4.69) is 13.8 Å². The van der Waals surface area contributed by atoms with Gasteiger partial charge in [-0.2, -0.15) is 0 Å². The highest BCUT2D eigenvalue weighted by atomic mass is 16.5. The van der Waals surface area contributed by atoms with Gasteiger partial charge < -0.3 is 15.4 Å². The second kappa shape index (κ2) is 9.19. The van der Waals surface area contributed by atoms with E-state index in [-0.39, 0.29) is 11.9 Å². The maximum atomic E-state index is 12.4. The van der Waals surface area contributed by atoms with Crippen LogP contribution in [-0.2, 0) is 9.53 Å². The van der Waals surface area contributed by atoms with Crippen molar-refractivity contribution in [3.63, 3.8) is 0 Å². The molecule has 0 saturated carbocycles. The van der Waals surface area contributed by atoms with Crippen LogP contribution in [-0.4, -0.2) is 37.1 Å². The Balaban J connectivity index is 2.77. The van der Waals surface area contributed by atoms with Crippen LogP contribution >= 0.6 is 0 Å². The van der Waals surface area contributed by atoms with E-state index in [1.165, 1.54) is 0 Å². The first-order chi connectivity index (χ1) is 10.1. The zero-order valence-corrected chi connectivity index (χ0v) is 13.2. The average molecular weight is 290 g/mol. The molecule has 0 fully saturated rings. The molecule has 0 aliphatic carbocycles. The molecule has 4 heteroatoms. The molecule has 2 N–H and O–H groups in total. The Kier molecular flexibility index (Phi) is 7.54. The van der Waals surface area contributed by atoms with E-state index in [4.69, 9.17) is 10.5 Å². The fourth-order valence-corrected chi connectivity index (χ4v) is 2.26. The van der Waals surface area contributed by atoms with Crippen molar-refractivity contribution in [2.45, 2.75) is 32.7 Å². The third kappa shape index (κ3) is 5.60. The number of ether oxygens (including phenoxy) is 1. The highest BCUT2D eigenvalue weighted by Crippen LogP contribution is 2.11. The van der Waals surface area contributed by atoms with Gasteiger partial charge in [0.25, 0.3) is 0 Å². The van der Waals surface area contributed by atoms with E-state index >= 15 is 0 Å². The van der Waals surface area contributed by atoms with Gasteiger partial charge in [-0.15, -0.1) is 0 Å². The van der Waals surface area contributed by atoms with E-state index in [9.17, 15) is 4.79 Å². The van der Waals surface area contributed by atoms with Gasteiger partial charge in [-0.3, -0.25) is 4.79 Å². The van der Waals surface area contributed by atoms with Crippen LogP contribution in [0, 0.1) is 0 Å². The summed E-state index contributed by atoms with van der Waals surface area (Å²) in [6.45, 7) is 5.38. The van der Waals surface area contributed by atoms with Gasteiger partial charge in [-0.05, 0) is 36.6 Å². The van der Waals surface area contributed by atoms with Crippen molar-refractivity contribution in [2.24, 2.45) is 0 Å². The summed E-state index contributed by atoms with van der Waals surface area (Å²) in [5, 5.41) is 0. The van der Waals surface area contributed by atoms with Gasteiger partial charge in [0.2, 0.25) is 5.91 Å². The van der Waals surface area contributed by atoms with Crippen LogP contribution in [0.25, 0.3) is 6.08 Å². The third-order valence-corrected chi connectivity index (χ3v) is 3.56. The molecule has 1 aromatic rings. The summed E-state index contributed by atoms with van der Waals surface area (Å²) in [4.78, 5) is 14.3. The Morgan fingerprint density at radius 2 is 1.90 bits per heavy atom. The van der Waals surface area contributed by atoms with Crippen LogP contribution in [0.4, 0.5) is 5.69 Å². The van der Waals surface area contributed by atoms with E-state index in [1.807, 2.05) is 35.2 Å². The first-order valence-electron chi connectivity index (χ1n) is 7.45. The predicted molar refractivity (Wildman–Crippen MR) is 87.8 cm³/mol. The van der Waals surface area contributed by atoms with Gasteiger partial charge in [0.05, 0.1) is 6.61 Å². The number of rotatable bonds is 8. The summed E-state index contributed by atoms with van der Waals surface area (Å²) >= 11 is 0. The Labute approximate surface area is 127 Å². The summed E-state index contributed by atoms with van der Waals surface area (Å²) in [5.74, 6) is 0.0255. The zero-order valence-electron chi connectivity index (χ0n) is 13.2. The van der Waals surface area contributed by atoms with Crippen molar-refractivity contribution in [2.75, 3.05) is 26.0 Å². The number of nitrogens with two attached hydrogens (primary N) is 1. The summed E-state index contributed by atoms with van der Waals surface area (Å²) < 4.78 is 5.11. The van der Waals surface area contributed by atoms with E-state index in [0.29, 0.717) is 13.2 Å². The molecule has 0 aromatic heterocycles. The van der Waals surface area contributed by atoms with Crippen LogP contribution in [0.15, 0.2) is 30.3 Å². The van der Waals surface area contributed by atoms with Crippen LogP contribution in [0.2, 0.25) is 0 Å². The number of methoxy groups -OCH3 is 1. The Morgan fingerprint density at radius 3 is 2.43 bits per heavy atom. The van der Waals surface area contributed by atoms with Gasteiger partial charge >= 0.3 is 0 Å². The van der Waals surface area contributed by atoms with Crippen molar-refractivity contribution in [3.05, 3.63) is 35.9 Å². The smallest absolute Gasteiger partial charge is 0.246 e. The minimum Gasteiger partial charge on any atom is -0.399 e. The number of anilines is 1. The summed E-state index contributed by atoms with van der Waals surface area (Å²) in [7, 11) is 1.65. The molecule has 0 heterocycles. The minimum absolute atomic E-state index is 0.0255. The number of nitrogen functional groups attached to an aromatic ring is 1. The number of benzene rings is 1. The molecule has 1 rings (SSSR count). The van der Waals surface area contributed by atoms with E-state index in [0.717, 1.165) is 24.1 Å². The van der Waals surface area contributed by atoms with Crippen molar-refractivity contribution < 1.29 is 9.53 Å². The molecule has 0 atom stereocenters. The van der Waals surface area contributed by atoms with Gasteiger partial charge in [0, 0.05) is 31.5 Å². The molecule has 0 spiro atoms. The maximum Gasteiger partial charge on any atom is 0.246 e. The van der Waals surface area contributed by atoms with Gasteiger partial charge in [0.15, 0.2) is 0 Å². The lowest BCUT2D eigenvalue weighted by molar-refractivity contribution is -0.129. The molecule has 0 aliphatic rings. The lowest BCUT2D eigenvalue weighted by Gasteiger charge is -2.29. The van der Waals surface area contributed by atoms with Crippen molar-refractivity contribution in [3.8, 4) is 0 Å². The van der Waals surface area contributed by atoms with E-state index in [1.54, 1.807) is 13.2 Å². The number of carbonyl (C=O) groups is 1. The fraction of sp³-hybridized carbons (Fsp3) is 0.471. The normalized spacial score (nSPS) is 11.2. The lowest BCUT2D eigenvalue weighted by atomic mass is 10.1. The van der Waals surface area contributed by atoms with Crippen LogP contribution in [0.1, 0.15) is 32.3 Å². The Hall–Kier alpha value is -1.81. The standard InChI is InChI=1S/C17H26N2O2/c1-4-16(5-2)19(12-13-21-3)17(20)11-8-14-6-9-15(18)10-7-14/h6-11,16H,4-5,12-13,18H2,1-3H3/b11-8+. The molecule has 0 radical (unpaired) electrons. The molecule has 1 amide bonds. The monoisotopic (exact) mass is 290 g/mol. The highest BCUT2D eigenvalue weighted by Gasteiger charge is 2.18. The first-order valence-corrected chi connectivity index (χ1v) is 7.45. The second-order valence-electron chi connectivity index (χ2n) is 4.99. The highest BCUT2D eigenvalue weighted by molar-refractivity contribution is 5.92. The molecule has 21 heavy (non-hydrogen) atoms.